The van der Waals surface area contributed by atoms with Crippen LogP contribution in [0.15, 0.2) is 53.5 Å². The minimum absolute atomic E-state index is 0.0371. The van der Waals surface area contributed by atoms with Crippen LogP contribution in [0.4, 0.5) is 11.6 Å². The lowest BCUT2D eigenvalue weighted by molar-refractivity contribution is -0.384. The summed E-state index contributed by atoms with van der Waals surface area (Å²) in [6, 6.07) is 14.7. The van der Waals surface area contributed by atoms with Crippen molar-refractivity contribution in [2.24, 2.45) is 4.99 Å². The molecule has 152 valence electrons. The number of nitro groups is 1. The predicted molar refractivity (Wildman–Crippen MR) is 114 cm³/mol. The maximum atomic E-state index is 11.5. The molecular formula is C21H21N7O2. The van der Waals surface area contributed by atoms with Crippen molar-refractivity contribution in [1.82, 2.24) is 19.7 Å². The van der Waals surface area contributed by atoms with E-state index >= 15 is 0 Å². The number of hydrogen-bond acceptors (Lipinski definition) is 7. The van der Waals surface area contributed by atoms with Crippen molar-refractivity contribution in [3.8, 4) is 5.69 Å². The molecular weight excluding hydrogens is 382 g/mol. The molecule has 0 atom stereocenters. The van der Waals surface area contributed by atoms with E-state index in [9.17, 15) is 10.1 Å². The lowest BCUT2D eigenvalue weighted by Gasteiger charge is -2.33. The molecule has 0 N–H and O–H groups in total. The Kier molecular flexibility index (Phi) is 4.51. The van der Waals surface area contributed by atoms with E-state index in [1.165, 1.54) is 6.07 Å². The van der Waals surface area contributed by atoms with Crippen molar-refractivity contribution >= 4 is 17.3 Å². The van der Waals surface area contributed by atoms with Gasteiger partial charge in [0, 0.05) is 49.4 Å². The van der Waals surface area contributed by atoms with Crippen molar-refractivity contribution in [3.05, 3.63) is 75.6 Å². The Hall–Kier alpha value is -3.59. The normalized spacial score (nSPS) is 16.4. The van der Waals surface area contributed by atoms with E-state index in [0.29, 0.717) is 12.1 Å². The molecule has 9 nitrogen and oxygen atoms in total. The average molecular weight is 403 g/mol. The zero-order valence-electron chi connectivity index (χ0n) is 16.6. The number of aromatic nitrogens is 3. The second kappa shape index (κ2) is 7.34. The summed E-state index contributed by atoms with van der Waals surface area (Å²) in [6.45, 7) is 3.95. The number of fused-ring (bicyclic) bond motifs is 3. The predicted octanol–water partition coefficient (Wildman–Crippen LogP) is 2.28. The largest absolute Gasteiger partial charge is 0.338 e. The van der Waals surface area contributed by atoms with Crippen LogP contribution >= 0.6 is 0 Å². The van der Waals surface area contributed by atoms with Crippen LogP contribution in [0.25, 0.3) is 5.69 Å². The van der Waals surface area contributed by atoms with Crippen molar-refractivity contribution in [2.45, 2.75) is 6.54 Å². The Labute approximate surface area is 173 Å². The van der Waals surface area contributed by atoms with Gasteiger partial charge in [-0.25, -0.2) is 0 Å². The van der Waals surface area contributed by atoms with Gasteiger partial charge in [-0.15, -0.1) is 10.2 Å². The highest BCUT2D eigenvalue weighted by molar-refractivity contribution is 6.15. The summed E-state index contributed by atoms with van der Waals surface area (Å²) in [6.07, 6.45) is 0. The van der Waals surface area contributed by atoms with E-state index in [1.807, 2.05) is 34.9 Å². The lowest BCUT2D eigenvalue weighted by atomic mass is 10.00. The molecule has 0 bridgehead atoms. The molecule has 0 radical (unpaired) electrons. The van der Waals surface area contributed by atoms with Crippen molar-refractivity contribution in [2.75, 3.05) is 38.1 Å². The van der Waals surface area contributed by atoms with Gasteiger partial charge in [-0.2, -0.15) is 0 Å². The third-order valence-corrected chi connectivity index (χ3v) is 5.61. The van der Waals surface area contributed by atoms with E-state index in [-0.39, 0.29) is 10.6 Å². The maximum absolute atomic E-state index is 11.5. The molecule has 3 aromatic rings. The van der Waals surface area contributed by atoms with Crippen molar-refractivity contribution in [3.63, 3.8) is 0 Å². The maximum Gasteiger partial charge on any atom is 0.270 e. The van der Waals surface area contributed by atoms with Gasteiger partial charge in [0.15, 0.2) is 5.82 Å². The first kappa shape index (κ1) is 18.4. The molecule has 3 heterocycles. The number of aliphatic imine (C=N–C) groups is 1. The third kappa shape index (κ3) is 3.13. The SMILES string of the molecule is CN1CCN(c2nnc3n2-c2ccc([N+](=O)[O-])cc2C(c2ccccc2)=NC3)CC1. The topological polar surface area (TPSA) is 92.7 Å². The molecule has 2 aromatic carbocycles. The molecule has 0 aliphatic carbocycles. The van der Waals surface area contributed by atoms with Gasteiger partial charge in [0.2, 0.25) is 5.95 Å². The average Bonchev–Trinajstić information content (AvgIpc) is 3.11. The van der Waals surface area contributed by atoms with Crippen LogP contribution in [-0.2, 0) is 6.54 Å². The van der Waals surface area contributed by atoms with E-state index < -0.39 is 0 Å². The number of anilines is 1. The minimum atomic E-state index is -0.373. The van der Waals surface area contributed by atoms with Gasteiger partial charge < -0.3 is 9.80 Å². The van der Waals surface area contributed by atoms with Crippen molar-refractivity contribution < 1.29 is 4.92 Å². The quantitative estimate of drug-likeness (QED) is 0.492. The molecule has 9 heteroatoms. The Morgan fingerprint density at radius 2 is 1.77 bits per heavy atom. The van der Waals surface area contributed by atoms with Crippen LogP contribution in [0.2, 0.25) is 0 Å². The lowest BCUT2D eigenvalue weighted by Crippen LogP contribution is -2.45. The van der Waals surface area contributed by atoms with Gasteiger partial charge in [0.25, 0.3) is 5.69 Å². The third-order valence-electron chi connectivity index (χ3n) is 5.61. The summed E-state index contributed by atoms with van der Waals surface area (Å²) >= 11 is 0. The van der Waals surface area contributed by atoms with E-state index in [4.69, 9.17) is 4.99 Å². The number of non-ortho nitro benzene ring substituents is 1. The van der Waals surface area contributed by atoms with E-state index in [2.05, 4.69) is 27.0 Å². The van der Waals surface area contributed by atoms with Gasteiger partial charge in [-0.05, 0) is 13.1 Å². The van der Waals surface area contributed by atoms with Crippen LogP contribution in [0.5, 0.6) is 0 Å². The Morgan fingerprint density at radius 1 is 1.00 bits per heavy atom. The molecule has 2 aliphatic heterocycles. The first-order chi connectivity index (χ1) is 14.6. The number of rotatable bonds is 3. The molecule has 5 rings (SSSR count). The fourth-order valence-corrected chi connectivity index (χ4v) is 3.97. The first-order valence-corrected chi connectivity index (χ1v) is 9.88. The van der Waals surface area contributed by atoms with Crippen molar-refractivity contribution in [1.29, 1.82) is 0 Å². The van der Waals surface area contributed by atoms with Gasteiger partial charge in [-0.1, -0.05) is 30.3 Å². The first-order valence-electron chi connectivity index (χ1n) is 9.88. The zero-order valence-corrected chi connectivity index (χ0v) is 16.6. The monoisotopic (exact) mass is 403 g/mol. The van der Waals surface area contributed by atoms with Crippen LogP contribution in [0.3, 0.4) is 0 Å². The highest BCUT2D eigenvalue weighted by Gasteiger charge is 2.28. The molecule has 2 aliphatic rings. The van der Waals surface area contributed by atoms with Gasteiger partial charge in [0.05, 0.1) is 16.3 Å². The molecule has 0 unspecified atom stereocenters. The molecule has 0 spiro atoms. The summed E-state index contributed by atoms with van der Waals surface area (Å²) < 4.78 is 2.00. The van der Waals surface area contributed by atoms with Crippen LogP contribution < -0.4 is 4.90 Å². The summed E-state index contributed by atoms with van der Waals surface area (Å²) in [5.41, 5.74) is 3.21. The highest BCUT2D eigenvalue weighted by Crippen LogP contribution is 2.31. The zero-order chi connectivity index (χ0) is 20.7. The number of benzene rings is 2. The fourth-order valence-electron chi connectivity index (χ4n) is 3.97. The summed E-state index contributed by atoms with van der Waals surface area (Å²) in [7, 11) is 2.11. The molecule has 0 amide bonds. The van der Waals surface area contributed by atoms with Crippen LogP contribution in [0, 0.1) is 10.1 Å². The van der Waals surface area contributed by atoms with E-state index in [0.717, 1.165) is 54.9 Å². The van der Waals surface area contributed by atoms with Crippen LogP contribution in [0.1, 0.15) is 17.0 Å². The van der Waals surface area contributed by atoms with E-state index in [1.54, 1.807) is 12.1 Å². The van der Waals surface area contributed by atoms with Gasteiger partial charge >= 0.3 is 0 Å². The number of likely N-dealkylation sites (N-methyl/N-ethyl adjacent to an activating group) is 1. The summed E-state index contributed by atoms with van der Waals surface area (Å²) in [4.78, 5) is 20.4. The number of hydrogen-bond donors (Lipinski definition) is 0. The Balaban J connectivity index is 1.68. The van der Waals surface area contributed by atoms with Crippen LogP contribution in [-0.4, -0.2) is 63.5 Å². The summed E-state index contributed by atoms with van der Waals surface area (Å²) in [5, 5.41) is 20.3. The van der Waals surface area contributed by atoms with Gasteiger partial charge in [0.1, 0.15) is 6.54 Å². The molecule has 0 saturated carbocycles. The second-order valence-corrected chi connectivity index (χ2v) is 7.53. The minimum Gasteiger partial charge on any atom is -0.338 e. The fraction of sp³-hybridized carbons (Fsp3) is 0.286. The number of nitro benzene ring substituents is 1. The Bertz CT molecular complexity index is 1130. The molecule has 1 saturated heterocycles. The van der Waals surface area contributed by atoms with Gasteiger partial charge in [-0.3, -0.25) is 19.7 Å². The highest BCUT2D eigenvalue weighted by atomic mass is 16.6. The Morgan fingerprint density at radius 3 is 2.50 bits per heavy atom. The molecule has 1 aromatic heterocycles. The number of nitrogens with zero attached hydrogens (tertiary/aromatic N) is 7. The smallest absolute Gasteiger partial charge is 0.270 e. The standard InChI is InChI=1S/C21H21N7O2/c1-25-9-11-26(12-10-25)21-24-23-19-14-22-20(15-5-3-2-4-6-15)17-13-16(28(29)30)7-8-18(17)27(19)21/h2-8,13H,9-12,14H2,1H3. The summed E-state index contributed by atoms with van der Waals surface area (Å²) in [5.74, 6) is 1.49. The number of piperazine rings is 1. The molecule has 1 fully saturated rings. The second-order valence-electron chi connectivity index (χ2n) is 7.53. The molecule has 30 heavy (non-hydrogen) atoms.